The molecule has 0 atom stereocenters. The summed E-state index contributed by atoms with van der Waals surface area (Å²) in [5, 5.41) is 5.33. The van der Waals surface area contributed by atoms with Crippen molar-refractivity contribution in [2.24, 2.45) is 5.10 Å². The van der Waals surface area contributed by atoms with E-state index in [1.165, 1.54) is 11.4 Å². The number of fused-ring (bicyclic) bond motifs is 1. The second kappa shape index (κ2) is 12.7. The zero-order valence-corrected chi connectivity index (χ0v) is 27.6. The molecular weight excluding hydrogens is 684 g/mol. The second-order valence-electron chi connectivity index (χ2n) is 10.5. The minimum Gasteiger partial charge on any atom is -0.486 e. The summed E-state index contributed by atoms with van der Waals surface area (Å²) < 4.78 is 18.1. The monoisotopic (exact) mass is 712 g/mol. The summed E-state index contributed by atoms with van der Waals surface area (Å²) in [7, 11) is 0. The third-order valence-corrected chi connectivity index (χ3v) is 8.85. The smallest absolute Gasteiger partial charge is 0.307 e. The summed E-state index contributed by atoms with van der Waals surface area (Å²) in [6.07, 6.45) is 1.69. The SMILES string of the molecule is Cc1ccc(C)n1-c1ccc(OCc2ccc(C(=O)N/N=C/c3c(C)n(Cc4ccc(Br)cc4Br)c4ccccc34)o2)cc1. The van der Waals surface area contributed by atoms with E-state index in [-0.39, 0.29) is 12.4 Å². The molecule has 44 heavy (non-hydrogen) atoms. The summed E-state index contributed by atoms with van der Waals surface area (Å²) >= 11 is 7.21. The zero-order valence-electron chi connectivity index (χ0n) is 24.5. The maximum atomic E-state index is 12.8. The number of nitrogens with one attached hydrogen (secondary N) is 1. The van der Waals surface area contributed by atoms with Crippen molar-refractivity contribution in [3.05, 3.63) is 140 Å². The van der Waals surface area contributed by atoms with Gasteiger partial charge in [-0.05, 0) is 93.1 Å². The molecule has 3 aromatic carbocycles. The Labute approximate surface area is 272 Å². The van der Waals surface area contributed by atoms with E-state index < -0.39 is 5.91 Å². The molecule has 1 N–H and O–H groups in total. The Hall–Kier alpha value is -4.34. The minimum atomic E-state index is -0.436. The van der Waals surface area contributed by atoms with Crippen LogP contribution in [0.25, 0.3) is 16.6 Å². The number of carbonyl (C=O) groups is 1. The molecule has 6 rings (SSSR count). The number of benzene rings is 3. The van der Waals surface area contributed by atoms with Gasteiger partial charge >= 0.3 is 5.91 Å². The van der Waals surface area contributed by atoms with Crippen molar-refractivity contribution in [3.8, 4) is 11.4 Å². The van der Waals surface area contributed by atoms with Gasteiger partial charge < -0.3 is 18.3 Å². The number of carbonyl (C=O) groups excluding carboxylic acids is 1. The molecule has 0 radical (unpaired) electrons. The molecule has 1 amide bonds. The summed E-state index contributed by atoms with van der Waals surface area (Å²) in [5.41, 5.74) is 10.3. The molecule has 0 bridgehead atoms. The first kappa shape index (κ1) is 29.7. The lowest BCUT2D eigenvalue weighted by Crippen LogP contribution is -2.16. The van der Waals surface area contributed by atoms with Crippen LogP contribution in [0.2, 0.25) is 0 Å². The number of halogens is 2. The Balaban J connectivity index is 1.10. The number of hydrogen-bond donors (Lipinski definition) is 1. The van der Waals surface area contributed by atoms with E-state index in [0.717, 1.165) is 42.4 Å². The average Bonchev–Trinajstić information content (AvgIpc) is 3.70. The molecule has 3 aromatic heterocycles. The third kappa shape index (κ3) is 6.16. The van der Waals surface area contributed by atoms with Gasteiger partial charge in [0.15, 0.2) is 5.76 Å². The lowest BCUT2D eigenvalue weighted by Gasteiger charge is -2.11. The lowest BCUT2D eigenvalue weighted by atomic mass is 10.1. The third-order valence-electron chi connectivity index (χ3n) is 7.62. The van der Waals surface area contributed by atoms with Crippen molar-refractivity contribution in [2.45, 2.75) is 33.9 Å². The standard InChI is InChI=1S/C35H30Br2N4O3/c1-22-8-9-23(2)41(22)27-12-14-28(15-13-27)43-21-29-16-17-34(44-29)35(42)39-38-19-31-24(3)40(33-7-5-4-6-30(31)33)20-25-10-11-26(36)18-32(25)37/h4-19H,20-21H2,1-3H3,(H,39,42)/b38-19+. The van der Waals surface area contributed by atoms with Crippen LogP contribution in [0.4, 0.5) is 0 Å². The molecule has 0 fully saturated rings. The second-order valence-corrected chi connectivity index (χ2v) is 12.3. The number of furan rings is 1. The Morgan fingerprint density at radius 2 is 1.68 bits per heavy atom. The Kier molecular flexibility index (Phi) is 8.59. The Morgan fingerprint density at radius 3 is 2.43 bits per heavy atom. The molecule has 0 saturated carbocycles. The molecule has 0 aliphatic heterocycles. The fourth-order valence-electron chi connectivity index (χ4n) is 5.35. The zero-order chi connectivity index (χ0) is 30.8. The first-order valence-corrected chi connectivity index (χ1v) is 15.7. The van der Waals surface area contributed by atoms with Crippen LogP contribution in [0, 0.1) is 20.8 Å². The molecule has 222 valence electrons. The van der Waals surface area contributed by atoms with Crippen molar-refractivity contribution in [2.75, 3.05) is 0 Å². The van der Waals surface area contributed by atoms with Gasteiger partial charge in [-0.15, -0.1) is 0 Å². The number of nitrogens with zero attached hydrogens (tertiary/aromatic N) is 3. The van der Waals surface area contributed by atoms with Crippen molar-refractivity contribution in [1.82, 2.24) is 14.6 Å². The number of aromatic nitrogens is 2. The highest BCUT2D eigenvalue weighted by atomic mass is 79.9. The van der Waals surface area contributed by atoms with Gasteiger partial charge in [-0.25, -0.2) is 5.43 Å². The van der Waals surface area contributed by atoms with Crippen molar-refractivity contribution >= 4 is 54.9 Å². The number of amides is 1. The largest absolute Gasteiger partial charge is 0.486 e. The predicted octanol–water partition coefficient (Wildman–Crippen LogP) is 8.87. The average molecular weight is 714 g/mol. The summed E-state index contributed by atoms with van der Waals surface area (Å²) in [6.45, 7) is 7.11. The molecule has 7 nitrogen and oxygen atoms in total. The highest BCUT2D eigenvalue weighted by molar-refractivity contribution is 9.11. The van der Waals surface area contributed by atoms with Crippen LogP contribution in [0.1, 0.15) is 44.5 Å². The van der Waals surface area contributed by atoms with Crippen molar-refractivity contribution < 1.29 is 13.9 Å². The van der Waals surface area contributed by atoms with Gasteiger partial charge in [0, 0.05) is 54.7 Å². The summed E-state index contributed by atoms with van der Waals surface area (Å²) in [4.78, 5) is 12.8. The van der Waals surface area contributed by atoms with Crippen LogP contribution in [0.5, 0.6) is 5.75 Å². The predicted molar refractivity (Wildman–Crippen MR) is 181 cm³/mol. The maximum Gasteiger partial charge on any atom is 0.307 e. The van der Waals surface area contributed by atoms with Crippen LogP contribution in [-0.4, -0.2) is 21.3 Å². The van der Waals surface area contributed by atoms with Crippen LogP contribution in [0.15, 0.2) is 109 Å². The molecule has 9 heteroatoms. The summed E-state index contributed by atoms with van der Waals surface area (Å²) in [6, 6.07) is 29.8. The number of rotatable bonds is 9. The van der Waals surface area contributed by atoms with E-state index in [9.17, 15) is 4.79 Å². The molecule has 0 spiro atoms. The molecule has 0 aliphatic carbocycles. The number of para-hydroxylation sites is 1. The fraction of sp³-hybridized carbons (Fsp3) is 0.143. The van der Waals surface area contributed by atoms with E-state index in [4.69, 9.17) is 9.15 Å². The fourth-order valence-corrected chi connectivity index (χ4v) is 6.53. The molecule has 0 unspecified atom stereocenters. The number of hydrazone groups is 1. The molecule has 0 saturated heterocycles. The molecule has 6 aromatic rings. The van der Waals surface area contributed by atoms with Gasteiger partial charge in [-0.3, -0.25) is 4.79 Å². The maximum absolute atomic E-state index is 12.8. The van der Waals surface area contributed by atoms with E-state index in [2.05, 4.69) is 103 Å². The van der Waals surface area contributed by atoms with Crippen molar-refractivity contribution in [1.29, 1.82) is 0 Å². The number of ether oxygens (including phenoxy) is 1. The first-order valence-electron chi connectivity index (χ1n) is 14.1. The van der Waals surface area contributed by atoms with Gasteiger partial charge in [0.2, 0.25) is 0 Å². The molecule has 3 heterocycles. The number of hydrogen-bond acceptors (Lipinski definition) is 4. The number of aryl methyl sites for hydroxylation is 2. The van der Waals surface area contributed by atoms with Gasteiger partial charge in [0.1, 0.15) is 18.1 Å². The van der Waals surface area contributed by atoms with Gasteiger partial charge in [0.25, 0.3) is 0 Å². The first-order chi connectivity index (χ1) is 21.3. The van der Waals surface area contributed by atoms with Gasteiger partial charge in [0.05, 0.1) is 6.21 Å². The highest BCUT2D eigenvalue weighted by Gasteiger charge is 2.15. The minimum absolute atomic E-state index is 0.161. The molecule has 0 aliphatic rings. The summed E-state index contributed by atoms with van der Waals surface area (Å²) in [5.74, 6) is 0.979. The Bertz CT molecular complexity index is 1980. The lowest BCUT2D eigenvalue weighted by molar-refractivity contribution is 0.0923. The highest BCUT2D eigenvalue weighted by Crippen LogP contribution is 2.29. The van der Waals surface area contributed by atoms with Gasteiger partial charge in [-0.1, -0.05) is 56.1 Å². The quantitative estimate of drug-likeness (QED) is 0.120. The topological polar surface area (TPSA) is 73.7 Å². The van der Waals surface area contributed by atoms with Crippen LogP contribution >= 0.6 is 31.9 Å². The van der Waals surface area contributed by atoms with Crippen molar-refractivity contribution in [3.63, 3.8) is 0 Å². The molecular formula is C35H30Br2N4O3. The van der Waals surface area contributed by atoms with E-state index in [1.54, 1.807) is 18.3 Å². The van der Waals surface area contributed by atoms with E-state index in [1.807, 2.05) is 48.5 Å². The van der Waals surface area contributed by atoms with E-state index in [0.29, 0.717) is 18.1 Å². The van der Waals surface area contributed by atoms with Crippen LogP contribution < -0.4 is 10.2 Å². The normalized spacial score (nSPS) is 11.5. The Morgan fingerprint density at radius 1 is 0.932 bits per heavy atom. The van der Waals surface area contributed by atoms with Crippen LogP contribution in [-0.2, 0) is 13.2 Å². The van der Waals surface area contributed by atoms with E-state index >= 15 is 0 Å². The van der Waals surface area contributed by atoms with Crippen LogP contribution in [0.3, 0.4) is 0 Å². The van der Waals surface area contributed by atoms with Gasteiger partial charge in [-0.2, -0.15) is 5.10 Å².